The van der Waals surface area contributed by atoms with Crippen LogP contribution in [0.2, 0.25) is 0 Å². The van der Waals surface area contributed by atoms with E-state index in [1.807, 2.05) is 61.5 Å². The van der Waals surface area contributed by atoms with E-state index < -0.39 is 10.0 Å². The zero-order chi connectivity index (χ0) is 23.5. The van der Waals surface area contributed by atoms with Crippen LogP contribution < -0.4 is 10.1 Å². The Hall–Kier alpha value is -2.90. The van der Waals surface area contributed by atoms with Crippen molar-refractivity contribution in [3.8, 4) is 5.75 Å². The van der Waals surface area contributed by atoms with Crippen LogP contribution in [0.25, 0.3) is 0 Å². The molecular formula is C26H33N3O3S. The summed E-state index contributed by atoms with van der Waals surface area (Å²) in [6, 6.07) is 20.4. The summed E-state index contributed by atoms with van der Waals surface area (Å²) in [5.41, 5.74) is 1.89. The number of ether oxygens (including phenoxy) is 1. The lowest BCUT2D eigenvalue weighted by Gasteiger charge is -2.23. The standard InChI is InChI=1S/C26H33N3O3S/c1-22-14-16-24(17-15-22)33(30,31)29(21-23-11-5-6-12-25(23)32-2)20-10-4-3-8-18-27-26-13-7-9-19-28-26/h5-7,9,11-17,19H,3-4,8,10,18,20-21H2,1-2H3,(H,27,28). The second-order valence-corrected chi connectivity index (χ2v) is 9.96. The number of sulfonamides is 1. The first-order valence-electron chi connectivity index (χ1n) is 11.3. The molecule has 1 aromatic heterocycles. The highest BCUT2D eigenvalue weighted by Gasteiger charge is 2.25. The summed E-state index contributed by atoms with van der Waals surface area (Å²) in [6.45, 7) is 3.54. The zero-order valence-electron chi connectivity index (χ0n) is 19.4. The van der Waals surface area contributed by atoms with Crippen LogP contribution in [-0.2, 0) is 16.6 Å². The van der Waals surface area contributed by atoms with Gasteiger partial charge in [-0.2, -0.15) is 4.31 Å². The Morgan fingerprint density at radius 3 is 2.36 bits per heavy atom. The number of nitrogens with zero attached hydrogens (tertiary/aromatic N) is 2. The summed E-state index contributed by atoms with van der Waals surface area (Å²) in [5, 5.41) is 3.31. The van der Waals surface area contributed by atoms with Crippen LogP contribution in [-0.4, -0.2) is 37.9 Å². The maximum atomic E-state index is 13.4. The van der Waals surface area contributed by atoms with E-state index >= 15 is 0 Å². The summed E-state index contributed by atoms with van der Waals surface area (Å²) in [7, 11) is -2.01. The van der Waals surface area contributed by atoms with Gasteiger partial charge in [-0.15, -0.1) is 0 Å². The van der Waals surface area contributed by atoms with Gasteiger partial charge in [-0.3, -0.25) is 0 Å². The fraction of sp³-hybridized carbons (Fsp3) is 0.346. The predicted octanol–water partition coefficient (Wildman–Crippen LogP) is 5.26. The molecule has 0 bridgehead atoms. The molecule has 7 heteroatoms. The summed E-state index contributed by atoms with van der Waals surface area (Å²) < 4.78 is 33.9. The highest BCUT2D eigenvalue weighted by Crippen LogP contribution is 2.24. The molecular weight excluding hydrogens is 434 g/mol. The van der Waals surface area contributed by atoms with E-state index in [4.69, 9.17) is 4.74 Å². The number of para-hydroxylation sites is 1. The Labute approximate surface area is 197 Å². The average molecular weight is 468 g/mol. The monoisotopic (exact) mass is 467 g/mol. The van der Waals surface area contributed by atoms with Gasteiger partial charge in [-0.25, -0.2) is 13.4 Å². The summed E-state index contributed by atoms with van der Waals surface area (Å²) >= 11 is 0. The third-order valence-electron chi connectivity index (χ3n) is 5.50. The van der Waals surface area contributed by atoms with E-state index in [0.717, 1.165) is 49.2 Å². The first-order valence-corrected chi connectivity index (χ1v) is 12.8. The number of benzene rings is 2. The lowest BCUT2D eigenvalue weighted by atomic mass is 10.1. The molecule has 33 heavy (non-hydrogen) atoms. The van der Waals surface area contributed by atoms with Crippen molar-refractivity contribution in [2.24, 2.45) is 0 Å². The minimum atomic E-state index is -3.62. The van der Waals surface area contributed by atoms with Crippen LogP contribution in [0.1, 0.15) is 36.8 Å². The SMILES string of the molecule is COc1ccccc1CN(CCCCCCNc1ccccn1)S(=O)(=O)c1ccc(C)cc1. The van der Waals surface area contributed by atoms with Crippen LogP contribution in [0, 0.1) is 6.92 Å². The quantitative estimate of drug-likeness (QED) is 0.347. The van der Waals surface area contributed by atoms with Crippen LogP contribution >= 0.6 is 0 Å². The van der Waals surface area contributed by atoms with E-state index in [0.29, 0.717) is 17.2 Å². The van der Waals surface area contributed by atoms with Crippen molar-refractivity contribution in [1.29, 1.82) is 0 Å². The van der Waals surface area contributed by atoms with Crippen molar-refractivity contribution in [1.82, 2.24) is 9.29 Å². The van der Waals surface area contributed by atoms with Crippen molar-refractivity contribution in [2.45, 2.75) is 44.0 Å². The highest BCUT2D eigenvalue weighted by atomic mass is 32.2. The molecule has 0 spiro atoms. The van der Waals surface area contributed by atoms with E-state index in [2.05, 4.69) is 10.3 Å². The van der Waals surface area contributed by atoms with Crippen molar-refractivity contribution in [2.75, 3.05) is 25.5 Å². The molecule has 176 valence electrons. The molecule has 0 radical (unpaired) electrons. The molecule has 0 saturated carbocycles. The van der Waals surface area contributed by atoms with Gasteiger partial charge in [0.25, 0.3) is 0 Å². The van der Waals surface area contributed by atoms with Gasteiger partial charge in [-0.05, 0) is 50.1 Å². The average Bonchev–Trinajstić information content (AvgIpc) is 2.83. The number of anilines is 1. The molecule has 1 heterocycles. The smallest absolute Gasteiger partial charge is 0.243 e. The van der Waals surface area contributed by atoms with Crippen molar-refractivity contribution >= 4 is 15.8 Å². The summed E-state index contributed by atoms with van der Waals surface area (Å²) in [6.07, 6.45) is 5.55. The molecule has 0 amide bonds. The normalized spacial score (nSPS) is 11.5. The molecule has 1 N–H and O–H groups in total. The number of rotatable bonds is 13. The number of nitrogens with one attached hydrogen (secondary N) is 1. The lowest BCUT2D eigenvalue weighted by molar-refractivity contribution is 0.372. The number of pyridine rings is 1. The van der Waals surface area contributed by atoms with Gasteiger partial charge < -0.3 is 10.1 Å². The molecule has 0 aliphatic rings. The highest BCUT2D eigenvalue weighted by molar-refractivity contribution is 7.89. The molecule has 0 aliphatic heterocycles. The summed E-state index contributed by atoms with van der Waals surface area (Å²) in [4.78, 5) is 4.58. The number of aryl methyl sites for hydroxylation is 1. The third kappa shape index (κ3) is 7.30. The molecule has 0 fully saturated rings. The molecule has 0 atom stereocenters. The van der Waals surface area contributed by atoms with Gasteiger partial charge in [0.05, 0.1) is 12.0 Å². The second-order valence-electron chi connectivity index (χ2n) is 8.02. The Balaban J connectivity index is 1.60. The molecule has 0 aliphatic carbocycles. The van der Waals surface area contributed by atoms with Crippen LogP contribution in [0.15, 0.2) is 77.8 Å². The Morgan fingerprint density at radius 1 is 0.909 bits per heavy atom. The van der Waals surface area contributed by atoms with Crippen LogP contribution in [0.4, 0.5) is 5.82 Å². The largest absolute Gasteiger partial charge is 0.496 e. The molecule has 3 aromatic rings. The molecule has 0 unspecified atom stereocenters. The van der Waals surface area contributed by atoms with Crippen molar-refractivity contribution < 1.29 is 13.2 Å². The topological polar surface area (TPSA) is 71.5 Å². The number of methoxy groups -OCH3 is 1. The molecule has 3 rings (SSSR count). The van der Waals surface area contributed by atoms with Crippen LogP contribution in [0.5, 0.6) is 5.75 Å². The van der Waals surface area contributed by atoms with Gasteiger partial charge in [0.15, 0.2) is 0 Å². The number of unbranched alkanes of at least 4 members (excludes halogenated alkanes) is 3. The van der Waals surface area contributed by atoms with Crippen molar-refractivity contribution in [3.63, 3.8) is 0 Å². The Bertz CT molecular complexity index is 1090. The van der Waals surface area contributed by atoms with Gasteiger partial charge in [0.1, 0.15) is 11.6 Å². The number of hydrogen-bond acceptors (Lipinski definition) is 5. The summed E-state index contributed by atoms with van der Waals surface area (Å²) in [5.74, 6) is 1.58. The predicted molar refractivity (Wildman–Crippen MR) is 133 cm³/mol. The maximum Gasteiger partial charge on any atom is 0.243 e. The van der Waals surface area contributed by atoms with Crippen molar-refractivity contribution in [3.05, 3.63) is 84.1 Å². The first-order chi connectivity index (χ1) is 16.0. The van der Waals surface area contributed by atoms with Crippen LogP contribution in [0.3, 0.4) is 0 Å². The minimum absolute atomic E-state index is 0.279. The van der Waals surface area contributed by atoms with Gasteiger partial charge >= 0.3 is 0 Å². The maximum absolute atomic E-state index is 13.4. The number of aromatic nitrogens is 1. The first kappa shape index (κ1) is 24.7. The Morgan fingerprint density at radius 2 is 1.64 bits per heavy atom. The van der Waals surface area contributed by atoms with E-state index in [9.17, 15) is 8.42 Å². The number of hydrogen-bond donors (Lipinski definition) is 1. The minimum Gasteiger partial charge on any atom is -0.496 e. The second kappa shape index (κ2) is 12.4. The fourth-order valence-electron chi connectivity index (χ4n) is 3.62. The van der Waals surface area contributed by atoms with Gasteiger partial charge in [0.2, 0.25) is 10.0 Å². The van der Waals surface area contributed by atoms with Gasteiger partial charge in [-0.1, -0.05) is 54.8 Å². The van der Waals surface area contributed by atoms with E-state index in [1.54, 1.807) is 29.7 Å². The molecule has 6 nitrogen and oxygen atoms in total. The lowest BCUT2D eigenvalue weighted by Crippen LogP contribution is -2.32. The molecule has 0 saturated heterocycles. The van der Waals surface area contributed by atoms with Gasteiger partial charge in [0, 0.05) is 31.4 Å². The third-order valence-corrected chi connectivity index (χ3v) is 7.36. The Kier molecular flexibility index (Phi) is 9.27. The zero-order valence-corrected chi connectivity index (χ0v) is 20.2. The van der Waals surface area contributed by atoms with E-state index in [-0.39, 0.29) is 6.54 Å². The fourth-order valence-corrected chi connectivity index (χ4v) is 5.07. The van der Waals surface area contributed by atoms with E-state index in [1.165, 1.54) is 0 Å². The molecule has 2 aromatic carbocycles.